The van der Waals surface area contributed by atoms with Gasteiger partial charge in [0.25, 0.3) is 0 Å². The second kappa shape index (κ2) is 4.60. The molecule has 0 aliphatic heterocycles. The summed E-state index contributed by atoms with van der Waals surface area (Å²) < 4.78 is 62.3. The highest BCUT2D eigenvalue weighted by Crippen LogP contribution is 2.31. The molecule has 0 saturated carbocycles. The summed E-state index contributed by atoms with van der Waals surface area (Å²) in [5.74, 6) is -1.71. The largest absolute Gasteiger partial charge is 0.433 e. The van der Waals surface area contributed by atoms with Crippen LogP contribution in [0.4, 0.5) is 13.2 Å². The zero-order chi connectivity index (χ0) is 12.5. The van der Waals surface area contributed by atoms with Gasteiger partial charge in [0.1, 0.15) is 11.6 Å². The number of alkyl halides is 2. The highest BCUT2D eigenvalue weighted by atomic mass is 79.9. The molecule has 2 N–H and O–H groups in total. The molecule has 0 fully saturated rings. The molecule has 1 rings (SSSR count). The van der Waals surface area contributed by atoms with Gasteiger partial charge in [-0.3, -0.25) is 0 Å². The van der Waals surface area contributed by atoms with Crippen LogP contribution < -0.4 is 9.88 Å². The zero-order valence-corrected chi connectivity index (χ0v) is 9.86. The lowest BCUT2D eigenvalue weighted by Crippen LogP contribution is -2.13. The molecule has 1 aromatic rings. The zero-order valence-electron chi connectivity index (χ0n) is 7.45. The highest BCUT2D eigenvalue weighted by molar-refractivity contribution is 9.10. The monoisotopic (exact) mass is 319 g/mol. The summed E-state index contributed by atoms with van der Waals surface area (Å²) in [5.41, 5.74) is 0. The van der Waals surface area contributed by atoms with E-state index in [9.17, 15) is 21.6 Å². The van der Waals surface area contributed by atoms with Crippen molar-refractivity contribution in [3.05, 3.63) is 22.4 Å². The maximum atomic E-state index is 13.1. The number of sulfonamides is 1. The molecule has 0 heterocycles. The summed E-state index contributed by atoms with van der Waals surface area (Å²) in [7, 11) is -4.19. The van der Waals surface area contributed by atoms with Crippen molar-refractivity contribution >= 4 is 26.0 Å². The maximum Gasteiger partial charge on any atom is 0.387 e. The fraction of sp³-hybridized carbons (Fsp3) is 0.143. The van der Waals surface area contributed by atoms with Crippen molar-refractivity contribution < 1.29 is 26.3 Å². The van der Waals surface area contributed by atoms with Crippen LogP contribution in [0.5, 0.6) is 5.75 Å². The minimum absolute atomic E-state index is 0.403. The first-order valence-corrected chi connectivity index (χ1v) is 6.02. The average molecular weight is 320 g/mol. The Kier molecular flexibility index (Phi) is 3.81. The molecule has 16 heavy (non-hydrogen) atoms. The Hall–Kier alpha value is -0.800. The Morgan fingerprint density at radius 1 is 1.38 bits per heavy atom. The van der Waals surface area contributed by atoms with Crippen molar-refractivity contribution in [3.63, 3.8) is 0 Å². The fourth-order valence-electron chi connectivity index (χ4n) is 0.886. The summed E-state index contributed by atoms with van der Waals surface area (Å²) in [6.07, 6.45) is 0. The molecule has 9 heteroatoms. The summed E-state index contributed by atoms with van der Waals surface area (Å²) in [5, 5.41) is 4.72. The second-order valence-corrected chi connectivity index (χ2v) is 5.00. The van der Waals surface area contributed by atoms with Crippen LogP contribution >= 0.6 is 15.9 Å². The van der Waals surface area contributed by atoms with Crippen LogP contribution in [0.25, 0.3) is 0 Å². The van der Waals surface area contributed by atoms with E-state index < -0.39 is 37.6 Å². The van der Waals surface area contributed by atoms with Gasteiger partial charge in [-0.15, -0.1) is 0 Å². The SMILES string of the molecule is NS(=O)(=O)c1cc(F)c(Br)c(OC(F)F)c1. The van der Waals surface area contributed by atoms with Crippen molar-refractivity contribution in [1.82, 2.24) is 0 Å². The van der Waals surface area contributed by atoms with Gasteiger partial charge in [-0.05, 0) is 22.0 Å². The summed E-state index contributed by atoms with van der Waals surface area (Å²) in [4.78, 5) is -0.649. The van der Waals surface area contributed by atoms with Gasteiger partial charge in [0.15, 0.2) is 0 Å². The average Bonchev–Trinajstić information content (AvgIpc) is 2.10. The first-order valence-electron chi connectivity index (χ1n) is 3.68. The summed E-state index contributed by atoms with van der Waals surface area (Å²) in [6.45, 7) is -3.20. The van der Waals surface area contributed by atoms with Gasteiger partial charge in [0, 0.05) is 6.07 Å². The van der Waals surface area contributed by atoms with Crippen LogP contribution in [0, 0.1) is 5.82 Å². The van der Waals surface area contributed by atoms with E-state index in [0.717, 1.165) is 0 Å². The first-order chi connectivity index (χ1) is 7.21. The smallest absolute Gasteiger partial charge is 0.387 e. The van der Waals surface area contributed by atoms with Crippen molar-refractivity contribution in [2.45, 2.75) is 11.5 Å². The molecule has 0 saturated heterocycles. The van der Waals surface area contributed by atoms with Gasteiger partial charge in [-0.25, -0.2) is 17.9 Å². The molecule has 0 atom stereocenters. The Morgan fingerprint density at radius 3 is 2.38 bits per heavy atom. The molecule has 1 aromatic carbocycles. The summed E-state index contributed by atoms with van der Waals surface area (Å²) in [6, 6.07) is 1.30. The first kappa shape index (κ1) is 13.3. The lowest BCUT2D eigenvalue weighted by Gasteiger charge is -2.09. The fourth-order valence-corrected chi connectivity index (χ4v) is 1.75. The number of ether oxygens (including phenoxy) is 1. The minimum Gasteiger partial charge on any atom is -0.433 e. The van der Waals surface area contributed by atoms with E-state index in [-0.39, 0.29) is 0 Å². The van der Waals surface area contributed by atoms with Crippen LogP contribution in [0.15, 0.2) is 21.5 Å². The predicted molar refractivity (Wildman–Crippen MR) is 52.1 cm³/mol. The van der Waals surface area contributed by atoms with Crippen molar-refractivity contribution in [1.29, 1.82) is 0 Å². The molecule has 0 bridgehead atoms. The highest BCUT2D eigenvalue weighted by Gasteiger charge is 2.18. The third-order valence-corrected chi connectivity index (χ3v) is 3.18. The lowest BCUT2D eigenvalue weighted by atomic mass is 10.3. The number of hydrogen-bond donors (Lipinski definition) is 1. The number of benzene rings is 1. The van der Waals surface area contributed by atoms with Gasteiger partial charge in [0.05, 0.1) is 9.37 Å². The third-order valence-electron chi connectivity index (χ3n) is 1.51. The Balaban J connectivity index is 3.33. The van der Waals surface area contributed by atoms with Crippen LogP contribution in [-0.2, 0) is 10.0 Å². The van der Waals surface area contributed by atoms with E-state index in [1.807, 2.05) is 0 Å². The number of rotatable bonds is 3. The molecule has 0 amide bonds. The van der Waals surface area contributed by atoms with E-state index in [1.165, 1.54) is 0 Å². The second-order valence-electron chi connectivity index (χ2n) is 2.64. The van der Waals surface area contributed by atoms with Crippen LogP contribution in [0.3, 0.4) is 0 Å². The quantitative estimate of drug-likeness (QED) is 0.924. The summed E-state index contributed by atoms with van der Waals surface area (Å²) >= 11 is 2.64. The minimum atomic E-state index is -4.19. The lowest BCUT2D eigenvalue weighted by molar-refractivity contribution is -0.0507. The standard InChI is InChI=1S/C7H5BrF3NO3S/c8-6-4(9)1-3(16(12,13)14)2-5(6)15-7(10)11/h1-2,7H,(H2,12,13,14). The molecule has 0 spiro atoms. The molecular weight excluding hydrogens is 315 g/mol. The molecular formula is C7H5BrF3NO3S. The Morgan fingerprint density at radius 2 is 1.94 bits per heavy atom. The predicted octanol–water partition coefficient (Wildman–Crippen LogP) is 1.84. The number of hydrogen-bond acceptors (Lipinski definition) is 3. The number of halogens is 4. The van der Waals surface area contributed by atoms with Crippen LogP contribution in [0.2, 0.25) is 0 Å². The van der Waals surface area contributed by atoms with E-state index >= 15 is 0 Å². The molecule has 90 valence electrons. The van der Waals surface area contributed by atoms with Crippen LogP contribution in [-0.4, -0.2) is 15.0 Å². The molecule has 0 aromatic heterocycles. The molecule has 0 unspecified atom stereocenters. The Bertz CT molecular complexity index is 506. The molecule has 0 aliphatic rings. The topological polar surface area (TPSA) is 69.4 Å². The van der Waals surface area contributed by atoms with Crippen molar-refractivity contribution in [3.8, 4) is 5.75 Å². The van der Waals surface area contributed by atoms with Crippen molar-refractivity contribution in [2.24, 2.45) is 5.14 Å². The van der Waals surface area contributed by atoms with Crippen molar-refractivity contribution in [2.75, 3.05) is 0 Å². The molecule has 0 radical (unpaired) electrons. The van der Waals surface area contributed by atoms with Gasteiger partial charge in [-0.1, -0.05) is 0 Å². The number of nitrogens with two attached hydrogens (primary N) is 1. The van der Waals surface area contributed by atoms with E-state index in [1.54, 1.807) is 0 Å². The third kappa shape index (κ3) is 3.09. The molecule has 4 nitrogen and oxygen atoms in total. The van der Waals surface area contributed by atoms with Gasteiger partial charge >= 0.3 is 6.61 Å². The Labute approximate surface area is 97.4 Å². The van der Waals surface area contributed by atoms with Crippen LogP contribution in [0.1, 0.15) is 0 Å². The van der Waals surface area contributed by atoms with E-state index in [4.69, 9.17) is 5.14 Å². The van der Waals surface area contributed by atoms with Gasteiger partial charge < -0.3 is 4.74 Å². The van der Waals surface area contributed by atoms with E-state index in [0.29, 0.717) is 12.1 Å². The van der Waals surface area contributed by atoms with E-state index in [2.05, 4.69) is 20.7 Å². The number of primary sulfonamides is 1. The maximum absolute atomic E-state index is 13.1. The normalized spacial score (nSPS) is 11.9. The molecule has 0 aliphatic carbocycles. The van der Waals surface area contributed by atoms with Gasteiger partial charge in [0.2, 0.25) is 10.0 Å². The van der Waals surface area contributed by atoms with Gasteiger partial charge in [-0.2, -0.15) is 8.78 Å².